The summed E-state index contributed by atoms with van der Waals surface area (Å²) in [5.41, 5.74) is 2.39. The molecule has 0 saturated carbocycles. The first-order chi connectivity index (χ1) is 20.1. The average Bonchev–Trinajstić information content (AvgIpc) is 2.94. The predicted molar refractivity (Wildman–Crippen MR) is 154 cm³/mol. The maximum Gasteiger partial charge on any atom is 0.261 e. The van der Waals surface area contributed by atoms with Crippen molar-refractivity contribution in [1.29, 1.82) is 0 Å². The summed E-state index contributed by atoms with van der Waals surface area (Å²) >= 11 is 0. The van der Waals surface area contributed by atoms with E-state index in [9.17, 15) is 14.0 Å². The van der Waals surface area contributed by atoms with E-state index in [1.807, 2.05) is 0 Å². The minimum Gasteiger partial charge on any atom is -0.491 e. The molecule has 0 aliphatic heterocycles. The van der Waals surface area contributed by atoms with Crippen LogP contribution in [0.4, 0.5) is 14.5 Å². The van der Waals surface area contributed by atoms with E-state index in [4.69, 9.17) is 14.2 Å². The number of carbonyl (C=O) groups excluding carboxylic acids is 1. The molecule has 5 aromatic rings. The number of ether oxygens (including phenoxy) is 3. The number of anilines is 1. The Morgan fingerprint density at radius 3 is 2.38 bits per heavy atom. The van der Waals surface area contributed by atoms with Crippen LogP contribution in [0.3, 0.4) is 0 Å². The van der Waals surface area contributed by atoms with Crippen LogP contribution in [-0.2, 0) is 0 Å². The summed E-state index contributed by atoms with van der Waals surface area (Å²) in [5, 5.41) is 2.58. The van der Waals surface area contributed by atoms with E-state index in [2.05, 4.69) is 20.3 Å². The van der Waals surface area contributed by atoms with Crippen LogP contribution in [0.5, 0.6) is 23.1 Å². The minimum absolute atomic E-state index is 0.104. The number of fused-ring (bicyclic) bond motifs is 1. The van der Waals surface area contributed by atoms with Crippen molar-refractivity contribution < 1.29 is 27.8 Å². The highest BCUT2D eigenvalue weighted by atomic mass is 19.1. The number of amides is 1. The highest BCUT2D eigenvalue weighted by Crippen LogP contribution is 2.35. The van der Waals surface area contributed by atoms with E-state index >= 15 is 4.39 Å². The van der Waals surface area contributed by atoms with Gasteiger partial charge in [0.05, 0.1) is 19.7 Å². The SMILES string of the molecule is COc1cc2nccc(Oc3ccc(NC(=O)c4c(C)[nH]c(C)c(-c5ccc(F)cc5C)c4=O)cc3F)c2nc1OC. The molecule has 0 unspecified atom stereocenters. The number of halogens is 2. The van der Waals surface area contributed by atoms with Crippen LogP contribution in [0.1, 0.15) is 27.3 Å². The second-order valence-electron chi connectivity index (χ2n) is 9.49. The molecule has 11 heteroatoms. The number of aromatic nitrogens is 3. The Kier molecular flexibility index (Phi) is 7.58. The number of hydrogen-bond donors (Lipinski definition) is 2. The Labute approximate surface area is 239 Å². The summed E-state index contributed by atoms with van der Waals surface area (Å²) in [6.07, 6.45) is 1.49. The van der Waals surface area contributed by atoms with Gasteiger partial charge in [-0.15, -0.1) is 0 Å². The number of nitrogens with one attached hydrogen (secondary N) is 2. The van der Waals surface area contributed by atoms with Crippen LogP contribution >= 0.6 is 0 Å². The number of carbonyl (C=O) groups is 1. The zero-order chi connectivity index (χ0) is 30.1. The molecular weight excluding hydrogens is 546 g/mol. The van der Waals surface area contributed by atoms with Crippen LogP contribution in [0.2, 0.25) is 0 Å². The molecule has 3 aromatic heterocycles. The number of aromatic amines is 1. The third-order valence-electron chi connectivity index (χ3n) is 6.69. The summed E-state index contributed by atoms with van der Waals surface area (Å²) in [5.74, 6) is -1.25. The van der Waals surface area contributed by atoms with Crippen molar-refractivity contribution in [2.24, 2.45) is 0 Å². The number of benzene rings is 2. The van der Waals surface area contributed by atoms with Gasteiger partial charge in [0.2, 0.25) is 5.43 Å². The van der Waals surface area contributed by atoms with Crippen LogP contribution in [0.15, 0.2) is 59.5 Å². The van der Waals surface area contributed by atoms with Gasteiger partial charge < -0.3 is 24.5 Å². The van der Waals surface area contributed by atoms with E-state index in [0.29, 0.717) is 39.3 Å². The van der Waals surface area contributed by atoms with Gasteiger partial charge in [-0.05, 0) is 56.2 Å². The lowest BCUT2D eigenvalue weighted by Gasteiger charge is -2.14. The molecule has 214 valence electrons. The van der Waals surface area contributed by atoms with Gasteiger partial charge in [-0.2, -0.15) is 0 Å². The van der Waals surface area contributed by atoms with E-state index in [1.165, 1.54) is 56.8 Å². The van der Waals surface area contributed by atoms with Crippen molar-refractivity contribution >= 4 is 22.6 Å². The summed E-state index contributed by atoms with van der Waals surface area (Å²) in [6, 6.07) is 11.1. The molecule has 2 N–H and O–H groups in total. The fourth-order valence-corrected chi connectivity index (χ4v) is 4.74. The third-order valence-corrected chi connectivity index (χ3v) is 6.69. The lowest BCUT2D eigenvalue weighted by molar-refractivity contribution is 0.102. The molecule has 0 fully saturated rings. The second-order valence-corrected chi connectivity index (χ2v) is 9.49. The van der Waals surface area contributed by atoms with Crippen LogP contribution in [0.25, 0.3) is 22.2 Å². The van der Waals surface area contributed by atoms with Crippen molar-refractivity contribution in [1.82, 2.24) is 15.0 Å². The Morgan fingerprint density at radius 1 is 0.905 bits per heavy atom. The summed E-state index contributed by atoms with van der Waals surface area (Å²) in [7, 11) is 2.92. The molecule has 9 nitrogen and oxygen atoms in total. The highest BCUT2D eigenvalue weighted by molar-refractivity contribution is 6.05. The molecule has 3 heterocycles. The van der Waals surface area contributed by atoms with Gasteiger partial charge in [-0.3, -0.25) is 14.6 Å². The van der Waals surface area contributed by atoms with Crippen molar-refractivity contribution in [2.75, 3.05) is 19.5 Å². The number of aryl methyl sites for hydroxylation is 3. The lowest BCUT2D eigenvalue weighted by Crippen LogP contribution is -2.26. The molecule has 0 aliphatic rings. The van der Waals surface area contributed by atoms with E-state index < -0.39 is 23.0 Å². The molecular formula is C31H26F2N4O5. The molecule has 0 radical (unpaired) electrons. The standard InChI is InChI=1S/C31H26F2N4O5/c1-15-12-18(32)6-8-20(15)26-16(2)35-17(3)27(29(26)38)30(39)36-19-7-9-23(21(33)13-19)42-24-10-11-34-22-14-25(40-4)31(41-5)37-28(22)24/h6-14H,1-5H3,(H,35,38)(H,36,39). The maximum atomic E-state index is 15.2. The van der Waals surface area contributed by atoms with E-state index in [1.54, 1.807) is 26.8 Å². The van der Waals surface area contributed by atoms with Crippen molar-refractivity contribution in [3.8, 4) is 34.3 Å². The molecule has 0 saturated heterocycles. The number of pyridine rings is 3. The molecule has 2 aromatic carbocycles. The third kappa shape index (κ3) is 5.24. The number of hydrogen-bond acceptors (Lipinski definition) is 7. The Balaban J connectivity index is 1.43. The van der Waals surface area contributed by atoms with Gasteiger partial charge in [0.1, 0.15) is 16.9 Å². The number of rotatable bonds is 7. The van der Waals surface area contributed by atoms with Crippen LogP contribution < -0.4 is 25.0 Å². The fourth-order valence-electron chi connectivity index (χ4n) is 4.74. The Hall–Kier alpha value is -5.32. The van der Waals surface area contributed by atoms with Gasteiger partial charge in [0.25, 0.3) is 11.8 Å². The lowest BCUT2D eigenvalue weighted by atomic mass is 9.96. The maximum absolute atomic E-state index is 15.2. The zero-order valence-corrected chi connectivity index (χ0v) is 23.4. The van der Waals surface area contributed by atoms with Crippen LogP contribution in [0, 0.1) is 32.4 Å². The molecule has 0 aliphatic carbocycles. The van der Waals surface area contributed by atoms with Crippen molar-refractivity contribution in [2.45, 2.75) is 20.8 Å². The topological polar surface area (TPSA) is 115 Å². The molecule has 42 heavy (non-hydrogen) atoms. The normalized spacial score (nSPS) is 10.9. The fraction of sp³-hybridized carbons (Fsp3) is 0.161. The molecule has 0 spiro atoms. The number of nitrogens with zero attached hydrogens (tertiary/aromatic N) is 2. The average molecular weight is 573 g/mol. The van der Waals surface area contributed by atoms with E-state index in [0.717, 1.165) is 6.07 Å². The first kappa shape index (κ1) is 28.2. The van der Waals surface area contributed by atoms with Gasteiger partial charge >= 0.3 is 0 Å². The predicted octanol–water partition coefficient (Wildman–Crippen LogP) is 6.25. The van der Waals surface area contributed by atoms with Gasteiger partial charge in [0.15, 0.2) is 23.1 Å². The van der Waals surface area contributed by atoms with Gasteiger partial charge in [-0.1, -0.05) is 6.07 Å². The van der Waals surface area contributed by atoms with Gasteiger partial charge in [0, 0.05) is 47.0 Å². The summed E-state index contributed by atoms with van der Waals surface area (Å²) in [4.78, 5) is 38.4. The second kappa shape index (κ2) is 11.3. The molecule has 1 amide bonds. The Morgan fingerprint density at radius 2 is 1.69 bits per heavy atom. The van der Waals surface area contributed by atoms with E-state index in [-0.39, 0.29) is 34.2 Å². The number of H-pyrrole nitrogens is 1. The molecule has 5 rings (SSSR count). The largest absolute Gasteiger partial charge is 0.491 e. The first-order valence-corrected chi connectivity index (χ1v) is 12.8. The number of methoxy groups -OCH3 is 2. The van der Waals surface area contributed by atoms with Crippen molar-refractivity contribution in [3.63, 3.8) is 0 Å². The molecule has 0 bridgehead atoms. The van der Waals surface area contributed by atoms with Gasteiger partial charge in [-0.25, -0.2) is 13.8 Å². The quantitative estimate of drug-likeness (QED) is 0.237. The highest BCUT2D eigenvalue weighted by Gasteiger charge is 2.22. The summed E-state index contributed by atoms with van der Waals surface area (Å²) < 4.78 is 45.2. The summed E-state index contributed by atoms with van der Waals surface area (Å²) in [6.45, 7) is 4.98. The minimum atomic E-state index is -0.768. The van der Waals surface area contributed by atoms with Crippen LogP contribution in [-0.4, -0.2) is 35.1 Å². The van der Waals surface area contributed by atoms with Crippen molar-refractivity contribution in [3.05, 3.63) is 99.1 Å². The molecule has 0 atom stereocenters. The smallest absolute Gasteiger partial charge is 0.261 e. The monoisotopic (exact) mass is 572 g/mol. The zero-order valence-electron chi connectivity index (χ0n) is 23.4. The first-order valence-electron chi connectivity index (χ1n) is 12.8. The Bertz CT molecular complexity index is 1920.